The van der Waals surface area contributed by atoms with Gasteiger partial charge in [0.25, 0.3) is 0 Å². The highest BCUT2D eigenvalue weighted by atomic mass is 16.1. The molecule has 1 aliphatic rings. The molecule has 1 rings (SSSR count). The summed E-state index contributed by atoms with van der Waals surface area (Å²) in [5.74, 6) is 0.0398. The standard InChI is InChI=1S/C15H24O/c1-11-7-6-8-15(4,5)14(11)9-12(2)13(3)10-16/h9-10,13H,6-8H2,1-5H3. The molecule has 1 aliphatic carbocycles. The van der Waals surface area contributed by atoms with Gasteiger partial charge in [-0.15, -0.1) is 0 Å². The van der Waals surface area contributed by atoms with E-state index in [4.69, 9.17) is 0 Å². The van der Waals surface area contributed by atoms with Crippen molar-refractivity contribution in [2.45, 2.75) is 53.9 Å². The van der Waals surface area contributed by atoms with Crippen LogP contribution >= 0.6 is 0 Å². The van der Waals surface area contributed by atoms with Crippen molar-refractivity contribution >= 4 is 6.29 Å². The van der Waals surface area contributed by atoms with Crippen LogP contribution in [0, 0.1) is 11.3 Å². The van der Waals surface area contributed by atoms with Gasteiger partial charge in [0.05, 0.1) is 0 Å². The molecule has 0 heterocycles. The molecule has 1 unspecified atom stereocenters. The minimum atomic E-state index is 0.0398. The van der Waals surface area contributed by atoms with Gasteiger partial charge < -0.3 is 4.79 Å². The molecule has 0 radical (unpaired) electrons. The number of carbonyl (C=O) groups excluding carboxylic acids is 1. The van der Waals surface area contributed by atoms with E-state index in [2.05, 4.69) is 33.8 Å². The van der Waals surface area contributed by atoms with Crippen LogP contribution in [0.4, 0.5) is 0 Å². The smallest absolute Gasteiger partial charge is 0.126 e. The maximum Gasteiger partial charge on any atom is 0.126 e. The van der Waals surface area contributed by atoms with Gasteiger partial charge >= 0.3 is 0 Å². The van der Waals surface area contributed by atoms with Crippen LogP contribution in [-0.4, -0.2) is 6.29 Å². The topological polar surface area (TPSA) is 17.1 Å². The number of carbonyl (C=O) groups is 1. The summed E-state index contributed by atoms with van der Waals surface area (Å²) in [6, 6.07) is 0. The van der Waals surface area contributed by atoms with E-state index in [1.165, 1.54) is 36.0 Å². The number of aldehydes is 1. The van der Waals surface area contributed by atoms with Crippen LogP contribution in [0.15, 0.2) is 22.8 Å². The molecular weight excluding hydrogens is 196 g/mol. The van der Waals surface area contributed by atoms with Gasteiger partial charge in [-0.1, -0.05) is 38.0 Å². The number of allylic oxidation sites excluding steroid dienone is 4. The maximum atomic E-state index is 10.8. The van der Waals surface area contributed by atoms with Crippen LogP contribution in [-0.2, 0) is 4.79 Å². The molecule has 0 bridgehead atoms. The molecule has 0 spiro atoms. The highest BCUT2D eigenvalue weighted by Crippen LogP contribution is 2.41. The van der Waals surface area contributed by atoms with Crippen molar-refractivity contribution < 1.29 is 4.79 Å². The van der Waals surface area contributed by atoms with Gasteiger partial charge in [0, 0.05) is 5.92 Å². The summed E-state index contributed by atoms with van der Waals surface area (Å²) in [4.78, 5) is 10.8. The lowest BCUT2D eigenvalue weighted by atomic mass is 9.72. The van der Waals surface area contributed by atoms with E-state index in [1.807, 2.05) is 6.92 Å². The predicted molar refractivity (Wildman–Crippen MR) is 69.3 cm³/mol. The fourth-order valence-electron chi connectivity index (χ4n) is 2.43. The summed E-state index contributed by atoms with van der Waals surface area (Å²) in [5.41, 5.74) is 4.39. The van der Waals surface area contributed by atoms with Crippen LogP contribution in [0.1, 0.15) is 53.9 Å². The van der Waals surface area contributed by atoms with E-state index in [1.54, 1.807) is 0 Å². The Bertz CT molecular complexity index is 331. The second-order valence-electron chi connectivity index (χ2n) is 5.74. The minimum absolute atomic E-state index is 0.0398. The Morgan fingerprint density at radius 1 is 1.44 bits per heavy atom. The fourth-order valence-corrected chi connectivity index (χ4v) is 2.43. The van der Waals surface area contributed by atoms with Crippen molar-refractivity contribution in [2.24, 2.45) is 11.3 Å². The van der Waals surface area contributed by atoms with Crippen LogP contribution in [0.25, 0.3) is 0 Å². The summed E-state index contributed by atoms with van der Waals surface area (Å²) in [6.07, 6.45) is 7.01. The molecule has 0 saturated heterocycles. The first-order chi connectivity index (χ1) is 7.38. The van der Waals surface area contributed by atoms with E-state index >= 15 is 0 Å². The number of rotatable bonds is 3. The van der Waals surface area contributed by atoms with Gasteiger partial charge in [-0.2, -0.15) is 0 Å². The molecule has 1 atom stereocenters. The molecule has 1 nitrogen and oxygen atoms in total. The van der Waals surface area contributed by atoms with Crippen molar-refractivity contribution in [3.63, 3.8) is 0 Å². The predicted octanol–water partition coefficient (Wildman–Crippen LogP) is 4.29. The zero-order chi connectivity index (χ0) is 12.3. The van der Waals surface area contributed by atoms with Crippen LogP contribution < -0.4 is 0 Å². The Morgan fingerprint density at radius 2 is 2.06 bits per heavy atom. The second kappa shape index (κ2) is 4.99. The lowest BCUT2D eigenvalue weighted by Gasteiger charge is -2.33. The van der Waals surface area contributed by atoms with E-state index in [0.717, 1.165) is 6.29 Å². The third kappa shape index (κ3) is 2.84. The lowest BCUT2D eigenvalue weighted by molar-refractivity contribution is -0.109. The molecule has 0 aliphatic heterocycles. The zero-order valence-electron chi connectivity index (χ0n) is 11.3. The Kier molecular flexibility index (Phi) is 4.12. The fraction of sp³-hybridized carbons (Fsp3) is 0.667. The molecular formula is C15H24O. The summed E-state index contributed by atoms with van der Waals surface area (Å²) in [6.45, 7) is 10.9. The summed E-state index contributed by atoms with van der Waals surface area (Å²) in [5, 5.41) is 0. The highest BCUT2D eigenvalue weighted by Gasteiger charge is 2.27. The third-order valence-corrected chi connectivity index (χ3v) is 3.84. The van der Waals surface area contributed by atoms with Crippen molar-refractivity contribution in [3.8, 4) is 0 Å². The van der Waals surface area contributed by atoms with Crippen molar-refractivity contribution in [3.05, 3.63) is 22.8 Å². The van der Waals surface area contributed by atoms with Crippen molar-refractivity contribution in [1.82, 2.24) is 0 Å². The van der Waals surface area contributed by atoms with Gasteiger partial charge in [0.1, 0.15) is 6.29 Å². The third-order valence-electron chi connectivity index (χ3n) is 3.84. The normalized spacial score (nSPS) is 23.2. The average Bonchev–Trinajstić information content (AvgIpc) is 2.21. The van der Waals surface area contributed by atoms with E-state index in [9.17, 15) is 4.79 Å². The largest absolute Gasteiger partial charge is 0.303 e. The van der Waals surface area contributed by atoms with Gasteiger partial charge in [-0.25, -0.2) is 0 Å². The lowest BCUT2D eigenvalue weighted by Crippen LogP contribution is -2.19. The van der Waals surface area contributed by atoms with E-state index in [-0.39, 0.29) is 11.3 Å². The first kappa shape index (κ1) is 13.2. The second-order valence-corrected chi connectivity index (χ2v) is 5.74. The molecule has 1 heteroatoms. The quantitative estimate of drug-likeness (QED) is 0.648. The molecule has 0 fully saturated rings. The van der Waals surface area contributed by atoms with Crippen molar-refractivity contribution in [2.75, 3.05) is 0 Å². The van der Waals surface area contributed by atoms with Gasteiger partial charge in [-0.3, -0.25) is 0 Å². The minimum Gasteiger partial charge on any atom is -0.303 e. The first-order valence-electron chi connectivity index (χ1n) is 6.22. The van der Waals surface area contributed by atoms with Gasteiger partial charge in [-0.05, 0) is 44.1 Å². The molecule has 0 saturated carbocycles. The summed E-state index contributed by atoms with van der Waals surface area (Å²) >= 11 is 0. The van der Waals surface area contributed by atoms with Gasteiger partial charge in [0.15, 0.2) is 0 Å². The van der Waals surface area contributed by atoms with Crippen LogP contribution in [0.5, 0.6) is 0 Å². The molecule has 90 valence electrons. The monoisotopic (exact) mass is 220 g/mol. The number of hydrogen-bond donors (Lipinski definition) is 0. The average molecular weight is 220 g/mol. The van der Waals surface area contributed by atoms with Crippen molar-refractivity contribution in [1.29, 1.82) is 0 Å². The number of hydrogen-bond acceptors (Lipinski definition) is 1. The molecule has 0 aromatic rings. The Balaban J connectivity index is 3.06. The van der Waals surface area contributed by atoms with E-state index < -0.39 is 0 Å². The Labute approximate surface area is 99.6 Å². The SMILES string of the molecule is CC(=CC1=C(C)CCCC1(C)C)C(C)C=O. The summed E-state index contributed by atoms with van der Waals surface area (Å²) in [7, 11) is 0. The molecule has 0 aromatic heterocycles. The van der Waals surface area contributed by atoms with Crippen LogP contribution in [0.2, 0.25) is 0 Å². The Morgan fingerprint density at radius 3 is 2.56 bits per heavy atom. The first-order valence-corrected chi connectivity index (χ1v) is 6.22. The maximum absolute atomic E-state index is 10.8. The molecule has 0 amide bonds. The highest BCUT2D eigenvalue weighted by molar-refractivity contribution is 5.58. The van der Waals surface area contributed by atoms with E-state index in [0.29, 0.717) is 0 Å². The summed E-state index contributed by atoms with van der Waals surface area (Å²) < 4.78 is 0. The molecule has 16 heavy (non-hydrogen) atoms. The van der Waals surface area contributed by atoms with Crippen LogP contribution in [0.3, 0.4) is 0 Å². The molecule has 0 N–H and O–H groups in total. The molecule has 0 aromatic carbocycles. The zero-order valence-corrected chi connectivity index (χ0v) is 11.3. The Hall–Kier alpha value is -0.850. The van der Waals surface area contributed by atoms with Gasteiger partial charge in [0.2, 0.25) is 0 Å².